The smallest absolute Gasteiger partial charge is 0.246 e. The van der Waals surface area contributed by atoms with Gasteiger partial charge in [0, 0.05) is 24.6 Å². The highest BCUT2D eigenvalue weighted by molar-refractivity contribution is 5.99. The highest BCUT2D eigenvalue weighted by atomic mass is 35.5. The normalized spacial score (nSPS) is 19.9. The van der Waals surface area contributed by atoms with Gasteiger partial charge in [-0.05, 0) is 25.0 Å². The second-order valence-electron chi connectivity index (χ2n) is 6.11. The maximum absolute atomic E-state index is 14.4. The van der Waals surface area contributed by atoms with Crippen LogP contribution in [0.3, 0.4) is 0 Å². The van der Waals surface area contributed by atoms with Crippen molar-refractivity contribution in [2.75, 3.05) is 25.2 Å². The molecule has 1 heterocycles. The fourth-order valence-electron chi connectivity index (χ4n) is 3.84. The summed E-state index contributed by atoms with van der Waals surface area (Å²) in [6.45, 7) is 0.715. The van der Waals surface area contributed by atoms with Crippen LogP contribution in [0.5, 0.6) is 0 Å². The Morgan fingerprint density at radius 2 is 2.14 bits per heavy atom. The average molecular weight is 329 g/mol. The molecule has 1 fully saturated rings. The van der Waals surface area contributed by atoms with E-state index in [0.29, 0.717) is 17.8 Å². The van der Waals surface area contributed by atoms with Crippen LogP contribution in [0.15, 0.2) is 18.2 Å². The first-order valence-electron chi connectivity index (χ1n) is 7.44. The van der Waals surface area contributed by atoms with Gasteiger partial charge in [-0.15, -0.1) is 12.4 Å². The number of nitrogens with two attached hydrogens (primary N) is 1. The van der Waals surface area contributed by atoms with Crippen LogP contribution < -0.4 is 10.6 Å². The van der Waals surface area contributed by atoms with Crippen LogP contribution in [0.2, 0.25) is 0 Å². The van der Waals surface area contributed by atoms with Gasteiger partial charge in [-0.2, -0.15) is 0 Å². The predicted octanol–water partition coefficient (Wildman–Crippen LogP) is 2.38. The van der Waals surface area contributed by atoms with Gasteiger partial charge in [0.25, 0.3) is 0 Å². The summed E-state index contributed by atoms with van der Waals surface area (Å²) in [5, 5.41) is 0. The molecular formula is C16H22ClFN2O2. The van der Waals surface area contributed by atoms with E-state index in [0.717, 1.165) is 25.7 Å². The molecular weight excluding hydrogens is 307 g/mol. The Morgan fingerprint density at radius 1 is 1.45 bits per heavy atom. The molecule has 1 amide bonds. The Labute approximate surface area is 136 Å². The largest absolute Gasteiger partial charge is 0.383 e. The van der Waals surface area contributed by atoms with Crippen molar-refractivity contribution >= 4 is 24.0 Å². The Morgan fingerprint density at radius 3 is 2.77 bits per heavy atom. The molecule has 4 nitrogen and oxygen atoms in total. The van der Waals surface area contributed by atoms with Crippen molar-refractivity contribution in [3.63, 3.8) is 0 Å². The number of benzene rings is 1. The first-order chi connectivity index (χ1) is 10.1. The molecule has 1 saturated carbocycles. The summed E-state index contributed by atoms with van der Waals surface area (Å²) in [6, 6.07) is 4.26. The molecule has 1 aromatic carbocycles. The molecule has 1 unspecified atom stereocenters. The highest BCUT2D eigenvalue weighted by Gasteiger charge is 2.48. The summed E-state index contributed by atoms with van der Waals surface area (Å²) in [7, 11) is 1.52. The Bertz CT molecular complexity index is 561. The van der Waals surface area contributed by atoms with E-state index < -0.39 is 6.04 Å². The van der Waals surface area contributed by atoms with Crippen LogP contribution in [0, 0.1) is 5.82 Å². The molecule has 6 heteroatoms. The van der Waals surface area contributed by atoms with Crippen molar-refractivity contribution in [1.29, 1.82) is 0 Å². The molecule has 3 rings (SSSR count). The van der Waals surface area contributed by atoms with Crippen LogP contribution in [0.25, 0.3) is 0 Å². The van der Waals surface area contributed by atoms with Gasteiger partial charge >= 0.3 is 0 Å². The van der Waals surface area contributed by atoms with Gasteiger partial charge in [0.2, 0.25) is 5.91 Å². The molecule has 0 radical (unpaired) electrons. The minimum atomic E-state index is -0.706. The molecule has 0 aromatic heterocycles. The van der Waals surface area contributed by atoms with E-state index in [4.69, 9.17) is 10.5 Å². The lowest BCUT2D eigenvalue weighted by atomic mass is 9.80. The summed E-state index contributed by atoms with van der Waals surface area (Å²) in [4.78, 5) is 14.2. The molecule has 0 saturated heterocycles. The number of rotatable bonds is 3. The number of carbonyl (C=O) groups excluding carboxylic acids is 1. The Balaban J connectivity index is 0.00000176. The molecule has 1 aliphatic heterocycles. The van der Waals surface area contributed by atoms with Crippen molar-refractivity contribution in [2.45, 2.75) is 37.1 Å². The number of hydrogen-bond acceptors (Lipinski definition) is 3. The van der Waals surface area contributed by atoms with E-state index >= 15 is 0 Å². The lowest BCUT2D eigenvalue weighted by Gasteiger charge is -2.26. The first kappa shape index (κ1) is 17.2. The number of methoxy groups -OCH3 is 1. The van der Waals surface area contributed by atoms with E-state index in [1.54, 1.807) is 11.0 Å². The summed E-state index contributed by atoms with van der Waals surface area (Å²) < 4.78 is 19.3. The number of fused-ring (bicyclic) bond motifs is 2. The fraction of sp³-hybridized carbons (Fsp3) is 0.562. The van der Waals surface area contributed by atoms with Crippen molar-refractivity contribution in [3.05, 3.63) is 29.6 Å². The van der Waals surface area contributed by atoms with E-state index in [1.807, 2.05) is 6.07 Å². The van der Waals surface area contributed by atoms with Crippen molar-refractivity contribution in [3.8, 4) is 0 Å². The second-order valence-corrected chi connectivity index (χ2v) is 6.11. The molecule has 1 aromatic rings. The zero-order valence-electron chi connectivity index (χ0n) is 12.7. The minimum Gasteiger partial charge on any atom is -0.383 e. The van der Waals surface area contributed by atoms with E-state index in [2.05, 4.69) is 0 Å². The predicted molar refractivity (Wildman–Crippen MR) is 86.0 cm³/mol. The maximum atomic E-state index is 14.4. The standard InChI is InChI=1S/C16H21FN2O2.ClH/c1-21-9-12(18)15(20)19-10-16(7-2-3-8-16)14-11(17)5-4-6-13(14)19;/h4-6,12H,2-3,7-10,18H2,1H3;1H. The summed E-state index contributed by atoms with van der Waals surface area (Å²) in [5.41, 5.74) is 7.06. The van der Waals surface area contributed by atoms with Crippen molar-refractivity contribution in [2.24, 2.45) is 5.73 Å². The number of ether oxygens (including phenoxy) is 1. The van der Waals surface area contributed by atoms with Crippen LogP contribution in [-0.4, -0.2) is 32.2 Å². The molecule has 122 valence electrons. The highest BCUT2D eigenvalue weighted by Crippen LogP contribution is 2.51. The molecule has 2 N–H and O–H groups in total. The number of nitrogens with zero attached hydrogens (tertiary/aromatic N) is 1. The molecule has 1 spiro atoms. The molecule has 2 aliphatic rings. The Hall–Kier alpha value is -1.17. The van der Waals surface area contributed by atoms with Gasteiger partial charge in [0.15, 0.2) is 0 Å². The number of carbonyl (C=O) groups is 1. The monoisotopic (exact) mass is 328 g/mol. The number of halogens is 2. The van der Waals surface area contributed by atoms with Gasteiger partial charge in [-0.3, -0.25) is 4.79 Å². The van der Waals surface area contributed by atoms with Gasteiger partial charge in [-0.1, -0.05) is 18.9 Å². The summed E-state index contributed by atoms with van der Waals surface area (Å²) >= 11 is 0. The third kappa shape index (κ3) is 2.62. The van der Waals surface area contributed by atoms with E-state index in [1.165, 1.54) is 13.2 Å². The van der Waals surface area contributed by atoms with Crippen molar-refractivity contribution in [1.82, 2.24) is 0 Å². The second kappa shape index (κ2) is 6.52. The average Bonchev–Trinajstić information content (AvgIpc) is 3.06. The lowest BCUT2D eigenvalue weighted by Crippen LogP contribution is -2.47. The van der Waals surface area contributed by atoms with Crippen LogP contribution in [0.4, 0.5) is 10.1 Å². The van der Waals surface area contributed by atoms with E-state index in [-0.39, 0.29) is 36.2 Å². The van der Waals surface area contributed by atoms with E-state index in [9.17, 15) is 9.18 Å². The third-order valence-electron chi connectivity index (χ3n) is 4.76. The van der Waals surface area contributed by atoms with Crippen LogP contribution in [0.1, 0.15) is 31.2 Å². The zero-order chi connectivity index (χ0) is 15.0. The molecule has 1 atom stereocenters. The SMILES string of the molecule is COCC(N)C(=O)N1CC2(CCCC2)c2c(F)cccc21.Cl. The minimum absolute atomic E-state index is 0. The van der Waals surface area contributed by atoms with Gasteiger partial charge in [-0.25, -0.2) is 4.39 Å². The topological polar surface area (TPSA) is 55.6 Å². The van der Waals surface area contributed by atoms with Gasteiger partial charge < -0.3 is 15.4 Å². The summed E-state index contributed by atoms with van der Waals surface area (Å²) in [5.74, 6) is -0.391. The fourth-order valence-corrected chi connectivity index (χ4v) is 3.84. The van der Waals surface area contributed by atoms with Crippen LogP contribution >= 0.6 is 12.4 Å². The number of hydrogen-bond donors (Lipinski definition) is 1. The first-order valence-corrected chi connectivity index (χ1v) is 7.44. The third-order valence-corrected chi connectivity index (χ3v) is 4.76. The zero-order valence-corrected chi connectivity index (χ0v) is 13.5. The summed E-state index contributed by atoms with van der Waals surface area (Å²) in [6.07, 6.45) is 4.04. The van der Waals surface area contributed by atoms with Gasteiger partial charge in [0.05, 0.1) is 12.3 Å². The Kier molecular flexibility index (Phi) is 5.10. The molecule has 0 bridgehead atoms. The maximum Gasteiger partial charge on any atom is 0.246 e. The number of anilines is 1. The van der Waals surface area contributed by atoms with Crippen LogP contribution in [-0.2, 0) is 14.9 Å². The quantitative estimate of drug-likeness (QED) is 0.927. The molecule has 1 aliphatic carbocycles. The van der Waals surface area contributed by atoms with Crippen molar-refractivity contribution < 1.29 is 13.9 Å². The molecule has 22 heavy (non-hydrogen) atoms. The lowest BCUT2D eigenvalue weighted by molar-refractivity contribution is -0.120. The number of amides is 1. The van der Waals surface area contributed by atoms with Gasteiger partial charge in [0.1, 0.15) is 11.9 Å².